The van der Waals surface area contributed by atoms with E-state index in [0.717, 1.165) is 38.5 Å². The van der Waals surface area contributed by atoms with E-state index >= 15 is 0 Å². The third kappa shape index (κ3) is 3.68. The summed E-state index contributed by atoms with van der Waals surface area (Å²) in [6, 6.07) is 2.06. The van der Waals surface area contributed by atoms with E-state index in [1.54, 1.807) is 0 Å². The standard InChI is InChI=1S/C13H21N3O/c1-2-17-13-10-15-6-4-12(13)11-16-8-3-5-14-7-9-16/h4,6,10,14H,2-3,5,7-9,11H2,1H3. The minimum absolute atomic E-state index is 0.695. The van der Waals surface area contributed by atoms with Crippen molar-refractivity contribution >= 4 is 0 Å². The summed E-state index contributed by atoms with van der Waals surface area (Å²) in [6.45, 7) is 8.13. The topological polar surface area (TPSA) is 37.4 Å². The number of aromatic nitrogens is 1. The molecule has 0 saturated carbocycles. The third-order valence-corrected chi connectivity index (χ3v) is 3.00. The molecular weight excluding hydrogens is 214 g/mol. The lowest BCUT2D eigenvalue weighted by molar-refractivity contribution is 0.272. The van der Waals surface area contributed by atoms with Gasteiger partial charge >= 0.3 is 0 Å². The molecule has 1 aromatic rings. The van der Waals surface area contributed by atoms with E-state index in [1.165, 1.54) is 12.0 Å². The summed E-state index contributed by atoms with van der Waals surface area (Å²) >= 11 is 0. The number of rotatable bonds is 4. The number of hydrogen-bond acceptors (Lipinski definition) is 4. The van der Waals surface area contributed by atoms with Gasteiger partial charge in [-0.05, 0) is 32.5 Å². The highest BCUT2D eigenvalue weighted by molar-refractivity contribution is 5.29. The molecule has 0 aromatic carbocycles. The van der Waals surface area contributed by atoms with Crippen molar-refractivity contribution in [2.45, 2.75) is 19.9 Å². The first-order valence-electron chi connectivity index (χ1n) is 6.39. The Labute approximate surface area is 103 Å². The summed E-state index contributed by atoms with van der Waals surface area (Å²) in [6.07, 6.45) is 4.87. The predicted molar refractivity (Wildman–Crippen MR) is 68.2 cm³/mol. The van der Waals surface area contributed by atoms with Gasteiger partial charge in [0.2, 0.25) is 0 Å². The monoisotopic (exact) mass is 235 g/mol. The lowest BCUT2D eigenvalue weighted by Gasteiger charge is -2.20. The van der Waals surface area contributed by atoms with Gasteiger partial charge in [0.05, 0.1) is 12.8 Å². The van der Waals surface area contributed by atoms with Gasteiger partial charge < -0.3 is 10.1 Å². The fraction of sp³-hybridized carbons (Fsp3) is 0.615. The second-order valence-corrected chi connectivity index (χ2v) is 4.30. The summed E-state index contributed by atoms with van der Waals surface area (Å²) in [4.78, 5) is 6.59. The van der Waals surface area contributed by atoms with Crippen LogP contribution in [0.15, 0.2) is 18.5 Å². The Kier molecular flexibility index (Phi) is 4.76. The maximum atomic E-state index is 5.60. The Balaban J connectivity index is 2.00. The van der Waals surface area contributed by atoms with E-state index in [1.807, 2.05) is 19.3 Å². The van der Waals surface area contributed by atoms with E-state index in [2.05, 4.69) is 21.3 Å². The minimum atomic E-state index is 0.695. The van der Waals surface area contributed by atoms with Crippen LogP contribution < -0.4 is 10.1 Å². The first-order valence-corrected chi connectivity index (χ1v) is 6.39. The van der Waals surface area contributed by atoms with Crippen molar-refractivity contribution < 1.29 is 4.74 Å². The lowest BCUT2D eigenvalue weighted by Crippen LogP contribution is -2.27. The van der Waals surface area contributed by atoms with Crippen LogP contribution in [0.3, 0.4) is 0 Å². The molecule has 1 N–H and O–H groups in total. The van der Waals surface area contributed by atoms with Crippen molar-refractivity contribution in [2.24, 2.45) is 0 Å². The van der Waals surface area contributed by atoms with Crippen LogP contribution in [-0.2, 0) is 6.54 Å². The zero-order chi connectivity index (χ0) is 11.9. The Morgan fingerprint density at radius 1 is 1.41 bits per heavy atom. The zero-order valence-corrected chi connectivity index (χ0v) is 10.5. The number of hydrogen-bond donors (Lipinski definition) is 1. The molecule has 2 heterocycles. The van der Waals surface area contributed by atoms with Gasteiger partial charge in [0.1, 0.15) is 5.75 Å². The van der Waals surface area contributed by atoms with Gasteiger partial charge in [0.25, 0.3) is 0 Å². The Morgan fingerprint density at radius 3 is 3.24 bits per heavy atom. The molecule has 1 aromatic heterocycles. The highest BCUT2D eigenvalue weighted by Crippen LogP contribution is 2.18. The van der Waals surface area contributed by atoms with E-state index < -0.39 is 0 Å². The first-order chi connectivity index (χ1) is 8.40. The van der Waals surface area contributed by atoms with Crippen LogP contribution >= 0.6 is 0 Å². The Bertz CT molecular complexity index is 335. The summed E-state index contributed by atoms with van der Waals surface area (Å²) < 4.78 is 5.60. The van der Waals surface area contributed by atoms with Gasteiger partial charge in [-0.25, -0.2) is 0 Å². The molecule has 1 fully saturated rings. The second-order valence-electron chi connectivity index (χ2n) is 4.30. The normalized spacial score (nSPS) is 17.7. The van der Waals surface area contributed by atoms with Gasteiger partial charge in [0.15, 0.2) is 0 Å². The molecule has 1 aliphatic rings. The summed E-state index contributed by atoms with van der Waals surface area (Å²) in [7, 11) is 0. The van der Waals surface area contributed by atoms with Crippen molar-refractivity contribution in [2.75, 3.05) is 32.8 Å². The summed E-state index contributed by atoms with van der Waals surface area (Å²) in [5.41, 5.74) is 1.24. The van der Waals surface area contributed by atoms with Crippen molar-refractivity contribution in [1.29, 1.82) is 0 Å². The molecule has 0 amide bonds. The number of ether oxygens (including phenoxy) is 1. The molecule has 2 rings (SSSR count). The fourth-order valence-corrected chi connectivity index (χ4v) is 2.13. The van der Waals surface area contributed by atoms with E-state index in [4.69, 9.17) is 4.74 Å². The van der Waals surface area contributed by atoms with E-state index in [9.17, 15) is 0 Å². The van der Waals surface area contributed by atoms with Crippen LogP contribution in [0.5, 0.6) is 5.75 Å². The van der Waals surface area contributed by atoms with Gasteiger partial charge in [-0.2, -0.15) is 0 Å². The largest absolute Gasteiger partial charge is 0.492 e. The van der Waals surface area contributed by atoms with Gasteiger partial charge in [-0.1, -0.05) is 0 Å². The maximum Gasteiger partial charge on any atom is 0.142 e. The van der Waals surface area contributed by atoms with Crippen molar-refractivity contribution in [3.8, 4) is 5.75 Å². The average Bonchev–Trinajstić information content (AvgIpc) is 2.61. The minimum Gasteiger partial charge on any atom is -0.492 e. The Morgan fingerprint density at radius 2 is 2.35 bits per heavy atom. The van der Waals surface area contributed by atoms with Crippen LogP contribution in [0.2, 0.25) is 0 Å². The molecule has 0 bridgehead atoms. The van der Waals surface area contributed by atoms with Crippen LogP contribution in [-0.4, -0.2) is 42.7 Å². The molecule has 4 heteroatoms. The summed E-state index contributed by atoms with van der Waals surface area (Å²) in [5, 5.41) is 3.42. The molecule has 0 aliphatic carbocycles. The first kappa shape index (κ1) is 12.3. The molecular formula is C13H21N3O. The number of nitrogens with zero attached hydrogens (tertiary/aromatic N) is 2. The van der Waals surface area contributed by atoms with Crippen molar-refractivity contribution in [3.63, 3.8) is 0 Å². The maximum absolute atomic E-state index is 5.60. The molecule has 4 nitrogen and oxygen atoms in total. The quantitative estimate of drug-likeness (QED) is 0.853. The van der Waals surface area contributed by atoms with Crippen molar-refractivity contribution in [3.05, 3.63) is 24.0 Å². The van der Waals surface area contributed by atoms with Gasteiger partial charge in [-0.3, -0.25) is 9.88 Å². The lowest BCUT2D eigenvalue weighted by atomic mass is 10.2. The fourth-order valence-electron chi connectivity index (χ4n) is 2.13. The van der Waals surface area contributed by atoms with Gasteiger partial charge in [0, 0.05) is 31.4 Å². The summed E-state index contributed by atoms with van der Waals surface area (Å²) in [5.74, 6) is 0.923. The average molecular weight is 235 g/mol. The number of nitrogens with one attached hydrogen (secondary N) is 1. The Hall–Kier alpha value is -1.13. The molecule has 0 atom stereocenters. The molecule has 1 aliphatic heterocycles. The highest BCUT2D eigenvalue weighted by atomic mass is 16.5. The van der Waals surface area contributed by atoms with E-state index in [-0.39, 0.29) is 0 Å². The highest BCUT2D eigenvalue weighted by Gasteiger charge is 2.11. The van der Waals surface area contributed by atoms with Crippen LogP contribution in [0.4, 0.5) is 0 Å². The van der Waals surface area contributed by atoms with Crippen LogP contribution in [0, 0.1) is 0 Å². The molecule has 0 spiro atoms. The third-order valence-electron chi connectivity index (χ3n) is 3.00. The van der Waals surface area contributed by atoms with Gasteiger partial charge in [-0.15, -0.1) is 0 Å². The zero-order valence-electron chi connectivity index (χ0n) is 10.5. The molecule has 17 heavy (non-hydrogen) atoms. The smallest absolute Gasteiger partial charge is 0.142 e. The molecule has 0 radical (unpaired) electrons. The number of pyridine rings is 1. The predicted octanol–water partition coefficient (Wildman–Crippen LogP) is 1.28. The van der Waals surface area contributed by atoms with Crippen LogP contribution in [0.25, 0.3) is 0 Å². The second kappa shape index (κ2) is 6.57. The molecule has 1 saturated heterocycles. The molecule has 94 valence electrons. The van der Waals surface area contributed by atoms with Crippen molar-refractivity contribution in [1.82, 2.24) is 15.2 Å². The van der Waals surface area contributed by atoms with E-state index in [0.29, 0.717) is 6.61 Å². The molecule has 0 unspecified atom stereocenters. The van der Waals surface area contributed by atoms with Crippen LogP contribution in [0.1, 0.15) is 18.9 Å². The SMILES string of the molecule is CCOc1cnccc1CN1CCCNCC1.